The van der Waals surface area contributed by atoms with E-state index in [0.29, 0.717) is 15.6 Å². The van der Waals surface area contributed by atoms with Gasteiger partial charge >= 0.3 is 0 Å². The third kappa shape index (κ3) is 4.98. The molecule has 0 saturated carbocycles. The lowest BCUT2D eigenvalue weighted by Crippen LogP contribution is -2.59. The molecule has 45 heavy (non-hydrogen) atoms. The van der Waals surface area contributed by atoms with E-state index in [1.807, 2.05) is 0 Å². The molecule has 1 saturated heterocycles. The van der Waals surface area contributed by atoms with Crippen LogP contribution in [0.15, 0.2) is 53.4 Å². The lowest BCUT2D eigenvalue weighted by molar-refractivity contribution is -0.138. The summed E-state index contributed by atoms with van der Waals surface area (Å²) in [5.74, 6) is -1.07. The molecule has 0 aromatic heterocycles. The Hall–Kier alpha value is -3.58. The van der Waals surface area contributed by atoms with Gasteiger partial charge in [0.25, 0.3) is 15.9 Å². The van der Waals surface area contributed by atoms with Crippen molar-refractivity contribution >= 4 is 50.7 Å². The molecule has 3 atom stereocenters. The van der Waals surface area contributed by atoms with Crippen molar-refractivity contribution in [3.63, 3.8) is 0 Å². The zero-order valence-electron chi connectivity index (χ0n) is 25.4. The molecule has 3 aromatic carbocycles. The number of fused-ring (bicyclic) bond motifs is 1. The summed E-state index contributed by atoms with van der Waals surface area (Å²) in [5.41, 5.74) is -1.45. The number of benzene rings is 3. The lowest BCUT2D eigenvalue weighted by atomic mass is 9.80. The number of nitrogens with zero attached hydrogens (tertiary/aromatic N) is 3. The first kappa shape index (κ1) is 32.8. The van der Waals surface area contributed by atoms with Crippen LogP contribution in [0.1, 0.15) is 23.1 Å². The largest absolute Gasteiger partial charge is 0.497 e. The molecule has 5 rings (SSSR count). The maximum atomic E-state index is 15.5. The Bertz CT molecular complexity index is 1810. The van der Waals surface area contributed by atoms with E-state index in [0.717, 1.165) is 0 Å². The van der Waals surface area contributed by atoms with Gasteiger partial charge in [-0.05, 0) is 43.3 Å². The molecule has 2 amide bonds. The summed E-state index contributed by atoms with van der Waals surface area (Å²) in [6, 6.07) is 10.6. The molecule has 0 bridgehead atoms. The van der Waals surface area contributed by atoms with Crippen LogP contribution in [0.5, 0.6) is 17.2 Å². The fourth-order valence-electron chi connectivity index (χ4n) is 6.21. The number of carbonyl (C=O) groups excluding carboxylic acids is 2. The molecule has 1 unspecified atom stereocenters. The highest BCUT2D eigenvalue weighted by Crippen LogP contribution is 2.58. The lowest BCUT2D eigenvalue weighted by Gasteiger charge is -2.42. The highest BCUT2D eigenvalue weighted by Gasteiger charge is 2.65. The molecule has 0 N–H and O–H groups in total. The fourth-order valence-corrected chi connectivity index (χ4v) is 8.25. The molecular formula is C31H32Cl2FN3O7S. The summed E-state index contributed by atoms with van der Waals surface area (Å²) in [5, 5.41) is -0.115. The zero-order chi connectivity index (χ0) is 33.0. The van der Waals surface area contributed by atoms with Crippen molar-refractivity contribution in [2.24, 2.45) is 0 Å². The normalized spacial score (nSPS) is 21.5. The second kappa shape index (κ2) is 12.0. The number of likely N-dealkylation sites (tertiary alicyclic amines) is 1. The number of hydrogen-bond donors (Lipinski definition) is 0. The minimum absolute atomic E-state index is 0.0203. The monoisotopic (exact) mass is 679 g/mol. The molecule has 2 aliphatic heterocycles. The SMILES string of the molecule is COc1ccc(S(=O)(=O)N2C(=O)C(c3cc(C)ccc3OC)(N3C[C@H](F)C[C@H]3C(=O)N(C)C)c3c2ccc(Cl)c3Cl)c(OC)c1. The van der Waals surface area contributed by atoms with E-state index in [2.05, 4.69) is 0 Å². The summed E-state index contributed by atoms with van der Waals surface area (Å²) in [4.78, 5) is 31.3. The standard InChI is InChI=1S/C31H32Cl2FN3O7S/c1-17-7-11-24(43-5)20(13-17)31(36-16-18(34)14-23(36)29(38)35(2)3)27-22(10-9-21(32)28(27)33)37(30(31)39)45(40,41)26-12-8-19(42-4)15-25(26)44-6/h7-13,15,18,23H,14,16H2,1-6H3/t18-,23+,31?/m1/s1. The summed E-state index contributed by atoms with van der Waals surface area (Å²) < 4.78 is 61.8. The predicted octanol–water partition coefficient (Wildman–Crippen LogP) is 4.81. The summed E-state index contributed by atoms with van der Waals surface area (Å²) in [6.45, 7) is 1.38. The van der Waals surface area contributed by atoms with Gasteiger partial charge in [0.15, 0.2) is 5.54 Å². The Balaban J connectivity index is 1.92. The number of hydrogen-bond acceptors (Lipinski definition) is 8. The van der Waals surface area contributed by atoms with E-state index < -0.39 is 46.1 Å². The molecule has 10 nitrogen and oxygen atoms in total. The van der Waals surface area contributed by atoms with E-state index in [1.54, 1.807) is 25.1 Å². The van der Waals surface area contributed by atoms with Crippen LogP contribution in [-0.4, -0.2) is 84.2 Å². The van der Waals surface area contributed by atoms with Crippen LogP contribution in [0.4, 0.5) is 10.1 Å². The van der Waals surface area contributed by atoms with Crippen LogP contribution >= 0.6 is 23.2 Å². The van der Waals surface area contributed by atoms with Gasteiger partial charge in [-0.3, -0.25) is 14.5 Å². The molecule has 0 spiro atoms. The van der Waals surface area contributed by atoms with Crippen LogP contribution in [0, 0.1) is 6.92 Å². The molecule has 1 fully saturated rings. The second-order valence-electron chi connectivity index (χ2n) is 11.0. The van der Waals surface area contributed by atoms with Gasteiger partial charge in [0.1, 0.15) is 28.3 Å². The van der Waals surface area contributed by atoms with Crippen molar-refractivity contribution in [1.82, 2.24) is 9.80 Å². The van der Waals surface area contributed by atoms with E-state index in [4.69, 9.17) is 37.4 Å². The van der Waals surface area contributed by atoms with Crippen LogP contribution in [0.25, 0.3) is 0 Å². The Kier molecular flexibility index (Phi) is 8.73. The van der Waals surface area contributed by atoms with Gasteiger partial charge in [-0.2, -0.15) is 0 Å². The topological polar surface area (TPSA) is 106 Å². The number of rotatable bonds is 8. The van der Waals surface area contributed by atoms with E-state index >= 15 is 9.18 Å². The van der Waals surface area contributed by atoms with Crippen molar-refractivity contribution in [1.29, 1.82) is 0 Å². The van der Waals surface area contributed by atoms with Crippen LogP contribution < -0.4 is 18.5 Å². The number of ether oxygens (including phenoxy) is 3. The number of amides is 2. The quantitative estimate of drug-likeness (QED) is 0.334. The number of alkyl halides is 1. The molecule has 3 aromatic rings. The first-order valence-electron chi connectivity index (χ1n) is 13.8. The van der Waals surface area contributed by atoms with Crippen molar-refractivity contribution in [2.45, 2.75) is 36.0 Å². The van der Waals surface area contributed by atoms with Crippen molar-refractivity contribution in [3.05, 3.63) is 75.3 Å². The van der Waals surface area contributed by atoms with E-state index in [9.17, 15) is 13.2 Å². The second-order valence-corrected chi connectivity index (χ2v) is 13.5. The van der Waals surface area contributed by atoms with Crippen molar-refractivity contribution in [2.75, 3.05) is 46.3 Å². The number of likely N-dealkylation sites (N-methyl/N-ethyl adjacent to an activating group) is 1. The number of halogens is 3. The Labute approximate surface area is 271 Å². The third-order valence-corrected chi connectivity index (χ3v) is 10.7. The molecule has 14 heteroatoms. The van der Waals surface area contributed by atoms with Crippen LogP contribution in [0.2, 0.25) is 10.0 Å². The minimum Gasteiger partial charge on any atom is -0.497 e. The number of sulfonamides is 1. The molecule has 2 aliphatic rings. The van der Waals surface area contributed by atoms with Gasteiger partial charge in [-0.25, -0.2) is 17.1 Å². The van der Waals surface area contributed by atoms with E-state index in [1.165, 1.54) is 75.6 Å². The summed E-state index contributed by atoms with van der Waals surface area (Å²) >= 11 is 13.5. The first-order chi connectivity index (χ1) is 21.2. The maximum Gasteiger partial charge on any atom is 0.274 e. The number of carbonyl (C=O) groups is 2. The van der Waals surface area contributed by atoms with E-state index in [-0.39, 0.29) is 49.7 Å². The van der Waals surface area contributed by atoms with Crippen molar-refractivity contribution in [3.8, 4) is 17.2 Å². The Morgan fingerprint density at radius 2 is 1.69 bits per heavy atom. The maximum absolute atomic E-state index is 15.5. The average Bonchev–Trinajstić information content (AvgIpc) is 3.53. The Morgan fingerprint density at radius 1 is 1.00 bits per heavy atom. The predicted molar refractivity (Wildman–Crippen MR) is 168 cm³/mol. The summed E-state index contributed by atoms with van der Waals surface area (Å²) in [6.07, 6.45) is -1.78. The van der Waals surface area contributed by atoms with Gasteiger partial charge in [-0.15, -0.1) is 0 Å². The molecule has 0 aliphatic carbocycles. The van der Waals surface area contributed by atoms with Gasteiger partial charge < -0.3 is 19.1 Å². The first-order valence-corrected chi connectivity index (χ1v) is 16.0. The molecule has 240 valence electrons. The Morgan fingerprint density at radius 3 is 2.31 bits per heavy atom. The smallest absolute Gasteiger partial charge is 0.274 e. The molecular weight excluding hydrogens is 648 g/mol. The summed E-state index contributed by atoms with van der Waals surface area (Å²) in [7, 11) is 2.38. The average molecular weight is 681 g/mol. The van der Waals surface area contributed by atoms with Crippen LogP contribution in [-0.2, 0) is 25.2 Å². The molecule has 2 heterocycles. The highest BCUT2D eigenvalue weighted by atomic mass is 35.5. The fraction of sp³-hybridized carbons (Fsp3) is 0.355. The van der Waals surface area contributed by atoms with Gasteiger partial charge in [0, 0.05) is 44.3 Å². The van der Waals surface area contributed by atoms with Gasteiger partial charge in [-0.1, -0.05) is 34.8 Å². The minimum atomic E-state index is -4.76. The highest BCUT2D eigenvalue weighted by molar-refractivity contribution is 7.93. The molecule has 0 radical (unpaired) electrons. The third-order valence-electron chi connectivity index (χ3n) is 8.19. The zero-order valence-corrected chi connectivity index (χ0v) is 27.8. The van der Waals surface area contributed by atoms with Crippen LogP contribution in [0.3, 0.4) is 0 Å². The van der Waals surface area contributed by atoms with Gasteiger partial charge in [0.05, 0.1) is 43.1 Å². The van der Waals surface area contributed by atoms with Crippen molar-refractivity contribution < 1.29 is 36.6 Å². The van der Waals surface area contributed by atoms with Gasteiger partial charge in [0.2, 0.25) is 5.91 Å². The number of aryl methyl sites for hydroxylation is 1. The number of methoxy groups -OCH3 is 3. The number of anilines is 1.